The molecule has 1 saturated heterocycles. The number of nitrogens with zero attached hydrogens (tertiary/aromatic N) is 3. The van der Waals surface area contributed by atoms with Gasteiger partial charge in [-0.15, -0.1) is 0 Å². The Bertz CT molecular complexity index is 721. The monoisotopic (exact) mass is 357 g/mol. The topological polar surface area (TPSA) is 56.6 Å². The van der Waals surface area contributed by atoms with Crippen molar-refractivity contribution in [3.63, 3.8) is 0 Å². The Morgan fingerprint density at radius 2 is 2.12 bits per heavy atom. The zero-order valence-corrected chi connectivity index (χ0v) is 15.6. The molecule has 0 atom stereocenters. The SMILES string of the molecule is CCOc1cccc(C(=O)N2CCC(c3nccn3CCOC)CC2)c1. The van der Waals surface area contributed by atoms with Gasteiger partial charge < -0.3 is 18.9 Å². The Balaban J connectivity index is 1.61. The van der Waals surface area contributed by atoms with Crippen molar-refractivity contribution < 1.29 is 14.3 Å². The standard InChI is InChI=1S/C20H27N3O3/c1-3-26-18-6-4-5-17(15-18)20(24)23-10-7-16(8-11-23)19-21-9-12-22(19)13-14-25-2/h4-6,9,12,15-16H,3,7-8,10-11,13-14H2,1-2H3. The molecule has 1 amide bonds. The molecule has 0 radical (unpaired) electrons. The van der Waals surface area contributed by atoms with Gasteiger partial charge in [-0.1, -0.05) is 6.07 Å². The molecule has 3 rings (SSSR count). The third-order valence-electron chi connectivity index (χ3n) is 4.82. The van der Waals surface area contributed by atoms with E-state index in [1.165, 1.54) is 0 Å². The van der Waals surface area contributed by atoms with E-state index in [0.29, 0.717) is 24.7 Å². The van der Waals surface area contributed by atoms with Crippen molar-refractivity contribution in [2.75, 3.05) is 33.4 Å². The van der Waals surface area contributed by atoms with Crippen LogP contribution in [0.1, 0.15) is 41.9 Å². The van der Waals surface area contributed by atoms with E-state index in [-0.39, 0.29) is 5.91 Å². The summed E-state index contributed by atoms with van der Waals surface area (Å²) in [5.74, 6) is 2.31. The lowest BCUT2D eigenvalue weighted by Crippen LogP contribution is -2.38. The minimum atomic E-state index is 0.0766. The fourth-order valence-corrected chi connectivity index (χ4v) is 3.47. The van der Waals surface area contributed by atoms with Crippen molar-refractivity contribution >= 4 is 5.91 Å². The summed E-state index contributed by atoms with van der Waals surface area (Å²) in [4.78, 5) is 19.3. The molecule has 6 heteroatoms. The van der Waals surface area contributed by atoms with Crippen molar-refractivity contribution in [2.45, 2.75) is 32.2 Å². The predicted octanol–water partition coefficient (Wildman–Crippen LogP) is 2.95. The molecule has 2 aromatic rings. The maximum absolute atomic E-state index is 12.8. The van der Waals surface area contributed by atoms with Crippen LogP contribution in [0.4, 0.5) is 0 Å². The number of piperidine rings is 1. The molecule has 6 nitrogen and oxygen atoms in total. The molecule has 0 unspecified atom stereocenters. The molecule has 2 heterocycles. The second kappa shape index (κ2) is 8.85. The molecule has 0 aliphatic carbocycles. The van der Waals surface area contributed by atoms with Crippen LogP contribution in [0.3, 0.4) is 0 Å². The fraction of sp³-hybridized carbons (Fsp3) is 0.500. The van der Waals surface area contributed by atoms with Gasteiger partial charge in [0.1, 0.15) is 11.6 Å². The van der Waals surface area contributed by atoms with Gasteiger partial charge in [0, 0.05) is 50.6 Å². The summed E-state index contributed by atoms with van der Waals surface area (Å²) in [6.45, 7) is 5.53. The number of ether oxygens (including phenoxy) is 2. The van der Waals surface area contributed by atoms with Gasteiger partial charge >= 0.3 is 0 Å². The molecule has 140 valence electrons. The Morgan fingerprint density at radius 1 is 1.31 bits per heavy atom. The zero-order valence-electron chi connectivity index (χ0n) is 15.6. The lowest BCUT2D eigenvalue weighted by molar-refractivity contribution is 0.0709. The number of imidazole rings is 1. The van der Waals surface area contributed by atoms with Crippen molar-refractivity contribution in [1.29, 1.82) is 0 Å². The Kier molecular flexibility index (Phi) is 6.28. The molecule has 26 heavy (non-hydrogen) atoms. The maximum atomic E-state index is 12.8. The molecule has 0 spiro atoms. The number of methoxy groups -OCH3 is 1. The van der Waals surface area contributed by atoms with Gasteiger partial charge in [0.25, 0.3) is 5.91 Å². The molecule has 1 aliphatic heterocycles. The first-order valence-electron chi connectivity index (χ1n) is 9.25. The summed E-state index contributed by atoms with van der Waals surface area (Å²) >= 11 is 0. The van der Waals surface area contributed by atoms with Gasteiger partial charge in [-0.3, -0.25) is 4.79 Å². The van der Waals surface area contributed by atoms with Crippen LogP contribution in [0.5, 0.6) is 5.75 Å². The van der Waals surface area contributed by atoms with Gasteiger partial charge in [0.05, 0.1) is 13.2 Å². The van der Waals surface area contributed by atoms with Gasteiger partial charge in [-0.2, -0.15) is 0 Å². The summed E-state index contributed by atoms with van der Waals surface area (Å²) in [6, 6.07) is 7.44. The third kappa shape index (κ3) is 4.25. The number of hydrogen-bond donors (Lipinski definition) is 0. The summed E-state index contributed by atoms with van der Waals surface area (Å²) in [6.07, 6.45) is 5.72. The zero-order chi connectivity index (χ0) is 18.4. The minimum absolute atomic E-state index is 0.0766. The van der Waals surface area contributed by atoms with Crippen LogP contribution in [0, 0.1) is 0 Å². The number of carbonyl (C=O) groups excluding carboxylic acids is 1. The highest BCUT2D eigenvalue weighted by Crippen LogP contribution is 2.28. The average molecular weight is 357 g/mol. The van der Waals surface area contributed by atoms with E-state index in [2.05, 4.69) is 9.55 Å². The molecule has 0 N–H and O–H groups in total. The van der Waals surface area contributed by atoms with Crippen molar-refractivity contribution in [1.82, 2.24) is 14.5 Å². The van der Waals surface area contributed by atoms with Gasteiger partial charge in [0.2, 0.25) is 0 Å². The van der Waals surface area contributed by atoms with E-state index in [4.69, 9.17) is 9.47 Å². The predicted molar refractivity (Wildman–Crippen MR) is 99.6 cm³/mol. The molecule has 0 saturated carbocycles. The number of likely N-dealkylation sites (tertiary alicyclic amines) is 1. The Morgan fingerprint density at radius 3 is 2.85 bits per heavy atom. The van der Waals surface area contributed by atoms with Crippen LogP contribution < -0.4 is 4.74 Å². The maximum Gasteiger partial charge on any atom is 0.253 e. The van der Waals surface area contributed by atoms with E-state index in [9.17, 15) is 4.79 Å². The highest BCUT2D eigenvalue weighted by Gasteiger charge is 2.27. The normalized spacial score (nSPS) is 15.2. The lowest BCUT2D eigenvalue weighted by atomic mass is 9.95. The van der Waals surface area contributed by atoms with Crippen LogP contribution in [0.15, 0.2) is 36.7 Å². The second-order valence-electron chi connectivity index (χ2n) is 6.50. The van der Waals surface area contributed by atoms with Gasteiger partial charge in [0.15, 0.2) is 0 Å². The van der Waals surface area contributed by atoms with Crippen LogP contribution >= 0.6 is 0 Å². The number of rotatable bonds is 7. The molecular formula is C20H27N3O3. The van der Waals surface area contributed by atoms with E-state index in [1.807, 2.05) is 48.5 Å². The quantitative estimate of drug-likeness (QED) is 0.764. The largest absolute Gasteiger partial charge is 0.494 e. The van der Waals surface area contributed by atoms with E-state index < -0.39 is 0 Å². The fourth-order valence-electron chi connectivity index (χ4n) is 3.47. The van der Waals surface area contributed by atoms with Crippen molar-refractivity contribution in [2.24, 2.45) is 0 Å². The number of benzene rings is 1. The summed E-state index contributed by atoms with van der Waals surface area (Å²) < 4.78 is 12.8. The smallest absolute Gasteiger partial charge is 0.253 e. The van der Waals surface area contributed by atoms with Crippen LogP contribution in [-0.4, -0.2) is 53.8 Å². The summed E-state index contributed by atoms with van der Waals surface area (Å²) in [5.41, 5.74) is 0.691. The number of amides is 1. The molecule has 1 fully saturated rings. The van der Waals surface area contributed by atoms with Crippen molar-refractivity contribution in [3.05, 3.63) is 48.0 Å². The van der Waals surface area contributed by atoms with Crippen molar-refractivity contribution in [3.8, 4) is 5.75 Å². The summed E-state index contributed by atoms with van der Waals surface area (Å²) in [7, 11) is 1.71. The molecule has 1 aromatic carbocycles. The number of hydrogen-bond acceptors (Lipinski definition) is 4. The van der Waals surface area contributed by atoms with E-state index >= 15 is 0 Å². The average Bonchev–Trinajstić information content (AvgIpc) is 3.15. The van der Waals surface area contributed by atoms with Crippen LogP contribution in [-0.2, 0) is 11.3 Å². The first-order valence-corrected chi connectivity index (χ1v) is 9.25. The molecular weight excluding hydrogens is 330 g/mol. The molecule has 0 bridgehead atoms. The lowest BCUT2D eigenvalue weighted by Gasteiger charge is -2.32. The first kappa shape index (κ1) is 18.5. The highest BCUT2D eigenvalue weighted by atomic mass is 16.5. The molecule has 1 aromatic heterocycles. The second-order valence-corrected chi connectivity index (χ2v) is 6.50. The minimum Gasteiger partial charge on any atom is -0.494 e. The third-order valence-corrected chi connectivity index (χ3v) is 4.82. The number of aromatic nitrogens is 2. The highest BCUT2D eigenvalue weighted by molar-refractivity contribution is 5.94. The van der Waals surface area contributed by atoms with Crippen LogP contribution in [0.25, 0.3) is 0 Å². The molecule has 1 aliphatic rings. The van der Waals surface area contributed by atoms with Gasteiger partial charge in [-0.05, 0) is 38.0 Å². The van der Waals surface area contributed by atoms with E-state index in [1.54, 1.807) is 7.11 Å². The Labute approximate surface area is 154 Å². The summed E-state index contributed by atoms with van der Waals surface area (Å²) in [5, 5.41) is 0. The van der Waals surface area contributed by atoms with E-state index in [0.717, 1.165) is 44.0 Å². The Hall–Kier alpha value is -2.34. The van der Waals surface area contributed by atoms with Crippen LogP contribution in [0.2, 0.25) is 0 Å². The van der Waals surface area contributed by atoms with Gasteiger partial charge in [-0.25, -0.2) is 4.98 Å². The first-order chi connectivity index (χ1) is 12.7. The number of carbonyl (C=O) groups is 1.